The molecule has 0 saturated heterocycles. The number of nitrogens with zero attached hydrogens (tertiary/aromatic N) is 3. The van der Waals surface area contributed by atoms with Crippen LogP contribution in [0.4, 0.5) is 0 Å². The normalized spacial score (nSPS) is 12.9. The Hall–Kier alpha value is -1.55. The van der Waals surface area contributed by atoms with E-state index in [1.54, 1.807) is 0 Å². The van der Waals surface area contributed by atoms with Gasteiger partial charge in [0.15, 0.2) is 0 Å². The number of aryl methyl sites for hydroxylation is 1. The van der Waals surface area contributed by atoms with Gasteiger partial charge in [0, 0.05) is 36.7 Å². The largest absolute Gasteiger partial charge is 0.349 e. The number of hydrogen-bond donors (Lipinski definition) is 1. The Morgan fingerprint density at radius 1 is 1.41 bits per heavy atom. The molecule has 17 heavy (non-hydrogen) atoms. The molecular formula is C13H20N4. The van der Waals surface area contributed by atoms with Gasteiger partial charge in [-0.05, 0) is 32.5 Å². The van der Waals surface area contributed by atoms with E-state index >= 15 is 0 Å². The van der Waals surface area contributed by atoms with Crippen molar-refractivity contribution in [2.75, 3.05) is 7.05 Å². The second kappa shape index (κ2) is 5.19. The van der Waals surface area contributed by atoms with Gasteiger partial charge < -0.3 is 9.88 Å². The maximum Gasteiger partial charge on any atom is 0.0539 e. The van der Waals surface area contributed by atoms with Gasteiger partial charge >= 0.3 is 0 Å². The van der Waals surface area contributed by atoms with E-state index in [0.717, 1.165) is 13.1 Å². The second-order valence-electron chi connectivity index (χ2n) is 4.33. The second-order valence-corrected chi connectivity index (χ2v) is 4.33. The highest BCUT2D eigenvalue weighted by molar-refractivity contribution is 5.16. The summed E-state index contributed by atoms with van der Waals surface area (Å²) in [6, 6.07) is 2.56. The fraction of sp³-hybridized carbons (Fsp3) is 0.462. The first-order chi connectivity index (χ1) is 8.22. The van der Waals surface area contributed by atoms with Crippen LogP contribution in [0, 0.1) is 0 Å². The molecule has 2 aromatic heterocycles. The van der Waals surface area contributed by atoms with Crippen molar-refractivity contribution in [2.45, 2.75) is 33.0 Å². The number of rotatable bonds is 5. The van der Waals surface area contributed by atoms with Crippen LogP contribution in [0.25, 0.3) is 0 Å². The smallest absolute Gasteiger partial charge is 0.0539 e. The van der Waals surface area contributed by atoms with Crippen LogP contribution in [-0.2, 0) is 13.1 Å². The predicted octanol–water partition coefficient (Wildman–Crippen LogP) is 2.03. The van der Waals surface area contributed by atoms with Crippen LogP contribution in [0.2, 0.25) is 0 Å². The third-order valence-electron chi connectivity index (χ3n) is 3.08. The molecule has 0 amide bonds. The molecule has 92 valence electrons. The topological polar surface area (TPSA) is 34.8 Å². The monoisotopic (exact) mass is 232 g/mol. The third-order valence-corrected chi connectivity index (χ3v) is 3.08. The van der Waals surface area contributed by atoms with Crippen molar-refractivity contribution in [3.8, 4) is 0 Å². The van der Waals surface area contributed by atoms with Crippen molar-refractivity contribution in [2.24, 2.45) is 0 Å². The van der Waals surface area contributed by atoms with E-state index in [1.807, 2.05) is 17.9 Å². The summed E-state index contributed by atoms with van der Waals surface area (Å²) >= 11 is 0. The van der Waals surface area contributed by atoms with E-state index in [0.29, 0.717) is 6.04 Å². The Labute approximate surface area is 102 Å². The van der Waals surface area contributed by atoms with E-state index in [-0.39, 0.29) is 0 Å². The van der Waals surface area contributed by atoms with Crippen LogP contribution in [0.15, 0.2) is 30.9 Å². The van der Waals surface area contributed by atoms with Gasteiger partial charge in [0.1, 0.15) is 0 Å². The first-order valence-corrected chi connectivity index (χ1v) is 6.07. The van der Waals surface area contributed by atoms with Gasteiger partial charge in [-0.25, -0.2) is 0 Å². The maximum atomic E-state index is 4.28. The average molecular weight is 232 g/mol. The van der Waals surface area contributed by atoms with Crippen LogP contribution in [-0.4, -0.2) is 21.4 Å². The lowest BCUT2D eigenvalue weighted by Crippen LogP contribution is -2.11. The summed E-state index contributed by atoms with van der Waals surface area (Å²) in [5, 5.41) is 7.52. The Bertz CT molecular complexity index is 469. The van der Waals surface area contributed by atoms with Gasteiger partial charge in [0.05, 0.1) is 12.7 Å². The minimum absolute atomic E-state index is 0.398. The van der Waals surface area contributed by atoms with Crippen LogP contribution < -0.4 is 5.32 Å². The highest BCUT2D eigenvalue weighted by Crippen LogP contribution is 2.13. The van der Waals surface area contributed by atoms with Crippen molar-refractivity contribution in [3.63, 3.8) is 0 Å². The summed E-state index contributed by atoms with van der Waals surface area (Å²) in [5.74, 6) is 0. The zero-order valence-corrected chi connectivity index (χ0v) is 10.7. The quantitative estimate of drug-likeness (QED) is 0.856. The molecule has 1 N–H and O–H groups in total. The lowest BCUT2D eigenvalue weighted by molar-refractivity contribution is 0.648. The molecule has 2 heterocycles. The van der Waals surface area contributed by atoms with Gasteiger partial charge in [-0.2, -0.15) is 5.10 Å². The molecule has 1 unspecified atom stereocenters. The summed E-state index contributed by atoms with van der Waals surface area (Å²) in [4.78, 5) is 0. The zero-order chi connectivity index (χ0) is 12.3. The van der Waals surface area contributed by atoms with Crippen molar-refractivity contribution < 1.29 is 0 Å². The van der Waals surface area contributed by atoms with Crippen LogP contribution in [0.3, 0.4) is 0 Å². The average Bonchev–Trinajstić information content (AvgIpc) is 2.97. The Kier molecular flexibility index (Phi) is 3.64. The van der Waals surface area contributed by atoms with Crippen molar-refractivity contribution in [1.29, 1.82) is 0 Å². The SMILES string of the molecule is CCn1cc(Cn2ccc(C(C)NC)c2)cn1. The molecule has 0 bridgehead atoms. The highest BCUT2D eigenvalue weighted by atomic mass is 15.3. The van der Waals surface area contributed by atoms with E-state index in [1.165, 1.54) is 11.1 Å². The number of nitrogens with one attached hydrogen (secondary N) is 1. The highest BCUT2D eigenvalue weighted by Gasteiger charge is 2.05. The zero-order valence-electron chi connectivity index (χ0n) is 10.7. The Morgan fingerprint density at radius 3 is 2.88 bits per heavy atom. The standard InChI is InChI=1S/C13H20N4/c1-4-17-9-12(7-15-17)8-16-6-5-13(10-16)11(2)14-3/h5-7,9-11,14H,4,8H2,1-3H3. The molecule has 0 aliphatic heterocycles. The Morgan fingerprint density at radius 2 is 2.24 bits per heavy atom. The first-order valence-electron chi connectivity index (χ1n) is 6.07. The molecule has 0 aliphatic carbocycles. The van der Waals surface area contributed by atoms with Crippen LogP contribution >= 0.6 is 0 Å². The van der Waals surface area contributed by atoms with Crippen molar-refractivity contribution in [3.05, 3.63) is 42.0 Å². The molecule has 2 aromatic rings. The van der Waals surface area contributed by atoms with Gasteiger partial charge in [-0.15, -0.1) is 0 Å². The molecule has 4 heteroatoms. The number of hydrogen-bond acceptors (Lipinski definition) is 2. The van der Waals surface area contributed by atoms with Gasteiger partial charge in [-0.1, -0.05) is 0 Å². The summed E-state index contributed by atoms with van der Waals surface area (Å²) in [6.45, 7) is 6.07. The van der Waals surface area contributed by atoms with Crippen molar-refractivity contribution in [1.82, 2.24) is 19.7 Å². The van der Waals surface area contributed by atoms with Gasteiger partial charge in [-0.3, -0.25) is 4.68 Å². The molecule has 0 aromatic carbocycles. The molecule has 0 spiro atoms. The molecule has 0 saturated carbocycles. The summed E-state index contributed by atoms with van der Waals surface area (Å²) in [7, 11) is 1.98. The maximum absolute atomic E-state index is 4.28. The third kappa shape index (κ3) is 2.77. The summed E-state index contributed by atoms with van der Waals surface area (Å²) < 4.78 is 4.15. The molecule has 0 fully saturated rings. The van der Waals surface area contributed by atoms with E-state index in [2.05, 4.69) is 53.5 Å². The molecule has 0 aliphatic rings. The fourth-order valence-electron chi connectivity index (χ4n) is 1.85. The van der Waals surface area contributed by atoms with E-state index in [9.17, 15) is 0 Å². The van der Waals surface area contributed by atoms with E-state index < -0.39 is 0 Å². The minimum Gasteiger partial charge on any atom is -0.349 e. The van der Waals surface area contributed by atoms with Crippen molar-refractivity contribution >= 4 is 0 Å². The van der Waals surface area contributed by atoms with Crippen LogP contribution in [0.5, 0.6) is 0 Å². The summed E-state index contributed by atoms with van der Waals surface area (Å²) in [5.41, 5.74) is 2.56. The Balaban J connectivity index is 2.06. The van der Waals surface area contributed by atoms with Crippen LogP contribution in [0.1, 0.15) is 31.0 Å². The molecule has 0 radical (unpaired) electrons. The molecule has 4 nitrogen and oxygen atoms in total. The fourth-order valence-corrected chi connectivity index (χ4v) is 1.85. The van der Waals surface area contributed by atoms with E-state index in [4.69, 9.17) is 0 Å². The summed E-state index contributed by atoms with van der Waals surface area (Å²) in [6.07, 6.45) is 8.34. The lowest BCUT2D eigenvalue weighted by atomic mass is 10.2. The lowest BCUT2D eigenvalue weighted by Gasteiger charge is -2.06. The first kappa shape index (κ1) is 11.9. The van der Waals surface area contributed by atoms with Gasteiger partial charge in [0.2, 0.25) is 0 Å². The van der Waals surface area contributed by atoms with Gasteiger partial charge in [0.25, 0.3) is 0 Å². The molecule has 2 rings (SSSR count). The molecular weight excluding hydrogens is 212 g/mol. The minimum atomic E-state index is 0.398. The predicted molar refractivity (Wildman–Crippen MR) is 68.9 cm³/mol. The number of aromatic nitrogens is 3. The molecule has 1 atom stereocenters.